The Labute approximate surface area is 104 Å². The summed E-state index contributed by atoms with van der Waals surface area (Å²) in [6, 6.07) is 3.63. The molecule has 2 aromatic rings. The summed E-state index contributed by atoms with van der Waals surface area (Å²) in [4.78, 5) is 15.7. The van der Waals surface area contributed by atoms with Crippen LogP contribution in [0.25, 0.3) is 11.1 Å². The van der Waals surface area contributed by atoms with Gasteiger partial charge in [-0.1, -0.05) is 0 Å². The minimum Gasteiger partial charge on any atom is -0.408 e. The maximum absolute atomic E-state index is 11.1. The van der Waals surface area contributed by atoms with E-state index in [1.807, 2.05) is 24.9 Å². The van der Waals surface area contributed by atoms with Gasteiger partial charge in [-0.3, -0.25) is 4.98 Å². The summed E-state index contributed by atoms with van der Waals surface area (Å²) >= 11 is 0. The summed E-state index contributed by atoms with van der Waals surface area (Å²) < 4.78 is 10.1. The second-order valence-electron chi connectivity index (χ2n) is 4.34. The Balaban J connectivity index is 2.43. The van der Waals surface area contributed by atoms with Gasteiger partial charge >= 0.3 is 5.76 Å². The molecule has 98 valence electrons. The number of hydrogen-bond donors (Lipinski definition) is 2. The van der Waals surface area contributed by atoms with Gasteiger partial charge in [-0.25, -0.2) is 4.79 Å². The molecule has 1 atom stereocenters. The van der Waals surface area contributed by atoms with Crippen molar-refractivity contribution in [1.29, 1.82) is 0 Å². The number of fused-ring (bicyclic) bond motifs is 1. The van der Waals surface area contributed by atoms with Crippen molar-refractivity contribution >= 4 is 22.5 Å². The van der Waals surface area contributed by atoms with E-state index in [9.17, 15) is 4.79 Å². The number of rotatable bonds is 4. The number of nitrogen functional groups attached to an aromatic ring is 1. The summed E-state index contributed by atoms with van der Waals surface area (Å²) in [5.74, 6) is -0.478. The van der Waals surface area contributed by atoms with Crippen molar-refractivity contribution in [2.45, 2.75) is 13.0 Å². The molecular weight excluding hydrogens is 234 g/mol. The second-order valence-corrected chi connectivity index (χ2v) is 4.34. The summed E-state index contributed by atoms with van der Waals surface area (Å²) in [6.07, 6.45) is 0. The van der Waals surface area contributed by atoms with Crippen LogP contribution in [0.2, 0.25) is 0 Å². The molecule has 0 radical (unpaired) electrons. The number of likely N-dealkylation sites (N-methyl/N-ethyl adjacent to an activating group) is 1. The number of ether oxygens (including phenoxy) is 1. The number of nitrogens with zero attached hydrogens (tertiary/aromatic N) is 1. The lowest BCUT2D eigenvalue weighted by molar-refractivity contribution is 0.183. The third-order valence-corrected chi connectivity index (χ3v) is 3.02. The predicted octanol–water partition coefficient (Wildman–Crippen LogP) is 1.17. The molecule has 0 saturated heterocycles. The van der Waals surface area contributed by atoms with Gasteiger partial charge in [0.25, 0.3) is 0 Å². The van der Waals surface area contributed by atoms with Gasteiger partial charge in [-0.05, 0) is 13.0 Å². The van der Waals surface area contributed by atoms with E-state index in [-0.39, 0.29) is 6.04 Å². The lowest BCUT2D eigenvalue weighted by Gasteiger charge is -2.27. The molecule has 3 N–H and O–H groups in total. The van der Waals surface area contributed by atoms with E-state index in [2.05, 4.69) is 4.98 Å². The first-order chi connectivity index (χ1) is 8.52. The fourth-order valence-corrected chi connectivity index (χ4v) is 1.90. The average Bonchev–Trinajstić information content (AvgIpc) is 2.66. The molecule has 6 nitrogen and oxygen atoms in total. The van der Waals surface area contributed by atoms with Gasteiger partial charge in [0.05, 0.1) is 23.5 Å². The van der Waals surface area contributed by atoms with Gasteiger partial charge in [0.2, 0.25) is 0 Å². The van der Waals surface area contributed by atoms with Gasteiger partial charge in [-0.2, -0.15) is 0 Å². The van der Waals surface area contributed by atoms with Crippen molar-refractivity contribution < 1.29 is 9.15 Å². The molecule has 2 rings (SSSR count). The highest BCUT2D eigenvalue weighted by atomic mass is 16.5. The Morgan fingerprint density at radius 2 is 2.28 bits per heavy atom. The Morgan fingerprint density at radius 1 is 1.56 bits per heavy atom. The van der Waals surface area contributed by atoms with Gasteiger partial charge in [-0.15, -0.1) is 0 Å². The van der Waals surface area contributed by atoms with Crippen LogP contribution in [0.4, 0.5) is 11.4 Å². The lowest BCUT2D eigenvalue weighted by atomic mass is 10.2. The molecule has 1 heterocycles. The van der Waals surface area contributed by atoms with Crippen LogP contribution in [0, 0.1) is 0 Å². The number of H-pyrrole nitrogens is 1. The molecule has 0 fully saturated rings. The molecule has 18 heavy (non-hydrogen) atoms. The normalized spacial score (nSPS) is 12.8. The number of benzene rings is 1. The van der Waals surface area contributed by atoms with Crippen molar-refractivity contribution in [1.82, 2.24) is 4.98 Å². The number of nitrogens with two attached hydrogens (primary N) is 1. The topological polar surface area (TPSA) is 84.5 Å². The van der Waals surface area contributed by atoms with E-state index < -0.39 is 5.76 Å². The fraction of sp³-hybridized carbons (Fsp3) is 0.417. The zero-order valence-corrected chi connectivity index (χ0v) is 10.7. The fourth-order valence-electron chi connectivity index (χ4n) is 1.90. The van der Waals surface area contributed by atoms with Crippen LogP contribution in [0.1, 0.15) is 6.92 Å². The molecular formula is C12H17N3O3. The Kier molecular flexibility index (Phi) is 3.29. The monoisotopic (exact) mass is 251 g/mol. The molecule has 0 saturated carbocycles. The summed E-state index contributed by atoms with van der Waals surface area (Å²) in [5.41, 5.74) is 8.48. The van der Waals surface area contributed by atoms with Gasteiger partial charge in [0.1, 0.15) is 0 Å². The number of aromatic amines is 1. The molecule has 0 bridgehead atoms. The number of oxazole rings is 1. The quantitative estimate of drug-likeness (QED) is 0.797. The van der Waals surface area contributed by atoms with Crippen molar-refractivity contribution in [2.24, 2.45) is 0 Å². The number of hydrogen-bond acceptors (Lipinski definition) is 5. The van der Waals surface area contributed by atoms with E-state index in [0.717, 1.165) is 5.69 Å². The van der Waals surface area contributed by atoms with Crippen molar-refractivity contribution in [3.63, 3.8) is 0 Å². The Hall–Kier alpha value is -1.95. The highest BCUT2D eigenvalue weighted by Gasteiger charge is 2.14. The van der Waals surface area contributed by atoms with Crippen LogP contribution >= 0.6 is 0 Å². The summed E-state index contributed by atoms with van der Waals surface area (Å²) in [7, 11) is 3.59. The standard InChI is InChI=1S/C12H17N3O3/c1-7(6-17-3)15(2)10-5-9-11(4-8(10)13)18-12(16)14-9/h4-5,7H,6,13H2,1-3H3,(H,14,16). The third-order valence-electron chi connectivity index (χ3n) is 3.02. The number of aromatic nitrogens is 1. The zero-order valence-electron chi connectivity index (χ0n) is 10.7. The smallest absolute Gasteiger partial charge is 0.408 e. The highest BCUT2D eigenvalue weighted by Crippen LogP contribution is 2.28. The van der Waals surface area contributed by atoms with E-state index in [1.54, 1.807) is 13.2 Å². The van der Waals surface area contributed by atoms with Crippen molar-refractivity contribution in [3.8, 4) is 0 Å². The molecule has 0 spiro atoms. The maximum Gasteiger partial charge on any atom is 0.417 e. The molecule has 0 aliphatic heterocycles. The maximum atomic E-state index is 11.1. The van der Waals surface area contributed by atoms with Crippen LogP contribution < -0.4 is 16.4 Å². The molecule has 0 amide bonds. The number of methoxy groups -OCH3 is 1. The molecule has 1 aromatic heterocycles. The zero-order chi connectivity index (χ0) is 13.3. The lowest BCUT2D eigenvalue weighted by Crippen LogP contribution is -2.33. The number of nitrogens with one attached hydrogen (secondary N) is 1. The molecule has 1 aromatic carbocycles. The van der Waals surface area contributed by atoms with E-state index in [4.69, 9.17) is 14.9 Å². The first-order valence-corrected chi connectivity index (χ1v) is 5.67. The number of anilines is 2. The van der Waals surface area contributed by atoms with Gasteiger partial charge in [0, 0.05) is 26.3 Å². The summed E-state index contributed by atoms with van der Waals surface area (Å²) in [5, 5.41) is 0. The van der Waals surface area contributed by atoms with Crippen molar-refractivity contribution in [3.05, 3.63) is 22.7 Å². The van der Waals surface area contributed by atoms with E-state index in [1.165, 1.54) is 0 Å². The Bertz CT molecular complexity index is 602. The van der Waals surface area contributed by atoms with Crippen molar-refractivity contribution in [2.75, 3.05) is 31.4 Å². The van der Waals surface area contributed by atoms with Crippen LogP contribution in [0.5, 0.6) is 0 Å². The molecule has 0 aliphatic rings. The molecule has 1 unspecified atom stereocenters. The second kappa shape index (κ2) is 4.73. The summed E-state index contributed by atoms with van der Waals surface area (Å²) in [6.45, 7) is 2.63. The van der Waals surface area contributed by atoms with Crippen LogP contribution in [0.15, 0.2) is 21.3 Å². The minimum absolute atomic E-state index is 0.174. The first-order valence-electron chi connectivity index (χ1n) is 5.67. The molecule has 6 heteroatoms. The SMILES string of the molecule is COCC(C)N(C)c1cc2[nH]c(=O)oc2cc1N. The minimum atomic E-state index is -0.478. The third kappa shape index (κ3) is 2.19. The largest absolute Gasteiger partial charge is 0.417 e. The van der Waals surface area contributed by atoms with Gasteiger partial charge in [0.15, 0.2) is 5.58 Å². The highest BCUT2D eigenvalue weighted by molar-refractivity contribution is 5.85. The average molecular weight is 251 g/mol. The first kappa shape index (κ1) is 12.5. The van der Waals surface area contributed by atoms with Crippen LogP contribution in [-0.2, 0) is 4.74 Å². The van der Waals surface area contributed by atoms with E-state index >= 15 is 0 Å². The van der Waals surface area contributed by atoms with Crippen LogP contribution in [-0.4, -0.2) is 31.8 Å². The van der Waals surface area contributed by atoms with Crippen LogP contribution in [0.3, 0.4) is 0 Å². The molecule has 0 aliphatic carbocycles. The predicted molar refractivity (Wildman–Crippen MR) is 71.0 cm³/mol. The Morgan fingerprint density at radius 3 is 2.94 bits per heavy atom. The van der Waals surface area contributed by atoms with E-state index in [0.29, 0.717) is 23.4 Å². The van der Waals surface area contributed by atoms with Gasteiger partial charge < -0.3 is 19.8 Å².